The summed E-state index contributed by atoms with van der Waals surface area (Å²) in [4.78, 5) is 1.20. The Balaban J connectivity index is 1.93. The summed E-state index contributed by atoms with van der Waals surface area (Å²) >= 11 is 5.17. The third kappa shape index (κ3) is 3.78. The maximum Gasteiger partial charge on any atom is 0.104 e. The molecule has 0 spiro atoms. The first kappa shape index (κ1) is 14.5. The van der Waals surface area contributed by atoms with Crippen molar-refractivity contribution in [1.82, 2.24) is 0 Å². The largest absolute Gasteiger partial charge is 0.381 e. The highest BCUT2D eigenvalue weighted by molar-refractivity contribution is 9.11. The number of rotatable bonds is 5. The van der Waals surface area contributed by atoms with Crippen LogP contribution in [0.15, 0.2) is 15.9 Å². The molecule has 3 unspecified atom stereocenters. The van der Waals surface area contributed by atoms with E-state index in [4.69, 9.17) is 15.2 Å². The quantitative estimate of drug-likeness (QED) is 0.897. The number of thiophene rings is 1. The van der Waals surface area contributed by atoms with Crippen LogP contribution in [0.3, 0.4) is 0 Å². The zero-order chi connectivity index (χ0) is 13.0. The Morgan fingerprint density at radius 1 is 1.44 bits per heavy atom. The summed E-state index contributed by atoms with van der Waals surface area (Å²) in [5.74, 6) is 0. The lowest BCUT2D eigenvalue weighted by Crippen LogP contribution is -2.30. The lowest BCUT2D eigenvalue weighted by molar-refractivity contribution is -0.0622. The van der Waals surface area contributed by atoms with Gasteiger partial charge in [-0.3, -0.25) is 0 Å². The Hall–Kier alpha value is 0.0600. The molecule has 1 saturated carbocycles. The smallest absolute Gasteiger partial charge is 0.104 e. The van der Waals surface area contributed by atoms with Gasteiger partial charge < -0.3 is 15.2 Å². The molecular weight excluding hydrogens is 314 g/mol. The minimum atomic E-state index is 0.0157. The molecule has 102 valence electrons. The van der Waals surface area contributed by atoms with Crippen LogP contribution in [0.5, 0.6) is 0 Å². The van der Waals surface area contributed by atoms with Crippen LogP contribution in [-0.4, -0.2) is 25.9 Å². The Morgan fingerprint density at radius 3 is 2.83 bits per heavy atom. The maximum absolute atomic E-state index is 6.16. The van der Waals surface area contributed by atoms with Crippen LogP contribution in [0.2, 0.25) is 0 Å². The summed E-state index contributed by atoms with van der Waals surface area (Å²) in [5, 5.41) is 0. The molecule has 3 atom stereocenters. The van der Waals surface area contributed by atoms with Gasteiger partial charge in [-0.2, -0.15) is 0 Å². The van der Waals surface area contributed by atoms with Crippen molar-refractivity contribution in [3.63, 3.8) is 0 Å². The average Bonchev–Trinajstić information content (AvgIpc) is 2.82. The zero-order valence-corrected chi connectivity index (χ0v) is 13.0. The highest BCUT2D eigenvalue weighted by atomic mass is 79.9. The van der Waals surface area contributed by atoms with E-state index in [1.807, 2.05) is 6.07 Å². The fourth-order valence-electron chi connectivity index (χ4n) is 2.41. The van der Waals surface area contributed by atoms with Crippen LogP contribution in [0.4, 0.5) is 0 Å². The topological polar surface area (TPSA) is 44.5 Å². The van der Waals surface area contributed by atoms with Gasteiger partial charge in [0.05, 0.1) is 16.0 Å². The second kappa shape index (κ2) is 7.01. The molecule has 0 aromatic carbocycles. The number of hydrogen-bond acceptors (Lipinski definition) is 4. The third-order valence-corrected chi connectivity index (χ3v) is 5.11. The Morgan fingerprint density at radius 2 is 2.22 bits per heavy atom. The number of halogens is 1. The average molecular weight is 334 g/mol. The van der Waals surface area contributed by atoms with E-state index in [1.54, 1.807) is 18.4 Å². The Bertz CT molecular complexity index is 372. The molecule has 0 saturated heterocycles. The first-order valence-electron chi connectivity index (χ1n) is 6.36. The van der Waals surface area contributed by atoms with Gasteiger partial charge in [-0.15, -0.1) is 11.3 Å². The standard InChI is InChI=1S/C13H20BrNO2S/c1-16-9-3-2-4-10(7-9)17-11(8-15)12-5-6-13(14)18-12/h5-6,9-11H,2-4,7-8,15H2,1H3. The van der Waals surface area contributed by atoms with E-state index in [0.717, 1.165) is 23.0 Å². The van der Waals surface area contributed by atoms with Gasteiger partial charge in [0.15, 0.2) is 0 Å². The molecule has 0 aliphatic heterocycles. The van der Waals surface area contributed by atoms with Crippen molar-refractivity contribution in [3.05, 3.63) is 20.8 Å². The second-order valence-electron chi connectivity index (χ2n) is 4.65. The number of ether oxygens (including phenoxy) is 2. The molecule has 1 aliphatic rings. The first-order chi connectivity index (χ1) is 8.72. The third-order valence-electron chi connectivity index (χ3n) is 3.39. The summed E-state index contributed by atoms with van der Waals surface area (Å²) in [6, 6.07) is 4.13. The maximum atomic E-state index is 6.16. The molecule has 0 amide bonds. The van der Waals surface area contributed by atoms with Crippen molar-refractivity contribution in [1.29, 1.82) is 0 Å². The van der Waals surface area contributed by atoms with Crippen LogP contribution in [0, 0.1) is 0 Å². The van der Waals surface area contributed by atoms with Crippen molar-refractivity contribution in [2.45, 2.75) is 44.0 Å². The molecule has 3 nitrogen and oxygen atoms in total. The van der Waals surface area contributed by atoms with Gasteiger partial charge in [0, 0.05) is 18.5 Å². The molecule has 1 aliphatic carbocycles. The van der Waals surface area contributed by atoms with Crippen molar-refractivity contribution in [2.75, 3.05) is 13.7 Å². The number of methoxy groups -OCH3 is 1. The predicted molar refractivity (Wildman–Crippen MR) is 78.0 cm³/mol. The Kier molecular flexibility index (Phi) is 5.63. The van der Waals surface area contributed by atoms with Gasteiger partial charge in [-0.1, -0.05) is 0 Å². The SMILES string of the molecule is COC1CCCC(OC(CN)c2ccc(Br)s2)C1. The normalized spacial score (nSPS) is 26.2. The fraction of sp³-hybridized carbons (Fsp3) is 0.692. The molecule has 5 heteroatoms. The molecule has 1 aromatic heterocycles. The van der Waals surface area contributed by atoms with Gasteiger partial charge in [0.2, 0.25) is 0 Å². The van der Waals surface area contributed by atoms with E-state index in [0.29, 0.717) is 12.6 Å². The number of hydrogen-bond donors (Lipinski definition) is 1. The van der Waals surface area contributed by atoms with E-state index in [1.165, 1.54) is 11.3 Å². The van der Waals surface area contributed by atoms with E-state index in [2.05, 4.69) is 22.0 Å². The van der Waals surface area contributed by atoms with Gasteiger partial charge in [0.1, 0.15) is 6.10 Å². The highest BCUT2D eigenvalue weighted by Gasteiger charge is 2.25. The van der Waals surface area contributed by atoms with E-state index in [-0.39, 0.29) is 12.2 Å². The van der Waals surface area contributed by atoms with Gasteiger partial charge in [-0.25, -0.2) is 0 Å². The first-order valence-corrected chi connectivity index (χ1v) is 7.97. The Labute approximate surface area is 121 Å². The van der Waals surface area contributed by atoms with Crippen LogP contribution in [0.1, 0.15) is 36.7 Å². The van der Waals surface area contributed by atoms with Crippen LogP contribution in [0.25, 0.3) is 0 Å². The second-order valence-corrected chi connectivity index (χ2v) is 7.14. The summed E-state index contributed by atoms with van der Waals surface area (Å²) in [5.41, 5.74) is 5.83. The van der Waals surface area contributed by atoms with Crippen molar-refractivity contribution in [2.24, 2.45) is 5.73 Å². The van der Waals surface area contributed by atoms with E-state index >= 15 is 0 Å². The van der Waals surface area contributed by atoms with E-state index in [9.17, 15) is 0 Å². The minimum Gasteiger partial charge on any atom is -0.381 e. The molecule has 1 heterocycles. The lowest BCUT2D eigenvalue weighted by Gasteiger charge is -2.30. The molecule has 1 aromatic rings. The lowest BCUT2D eigenvalue weighted by atomic mass is 9.94. The highest BCUT2D eigenvalue weighted by Crippen LogP contribution is 2.32. The zero-order valence-electron chi connectivity index (χ0n) is 10.6. The molecule has 2 N–H and O–H groups in total. The van der Waals surface area contributed by atoms with Crippen molar-refractivity contribution < 1.29 is 9.47 Å². The monoisotopic (exact) mass is 333 g/mol. The molecular formula is C13H20BrNO2S. The summed E-state index contributed by atoms with van der Waals surface area (Å²) < 4.78 is 12.7. The molecule has 1 fully saturated rings. The van der Waals surface area contributed by atoms with E-state index < -0.39 is 0 Å². The van der Waals surface area contributed by atoms with Gasteiger partial charge in [0.25, 0.3) is 0 Å². The summed E-state index contributed by atoms with van der Waals surface area (Å²) in [7, 11) is 1.78. The minimum absolute atomic E-state index is 0.0157. The molecule has 18 heavy (non-hydrogen) atoms. The molecule has 0 bridgehead atoms. The summed E-state index contributed by atoms with van der Waals surface area (Å²) in [6.45, 7) is 0.529. The van der Waals surface area contributed by atoms with Crippen LogP contribution >= 0.6 is 27.3 Å². The molecule has 0 radical (unpaired) electrons. The fourth-order valence-corrected chi connectivity index (χ4v) is 3.89. The van der Waals surface area contributed by atoms with Gasteiger partial charge >= 0.3 is 0 Å². The predicted octanol–water partition coefficient (Wildman–Crippen LogP) is 3.48. The number of nitrogens with two attached hydrogens (primary N) is 1. The van der Waals surface area contributed by atoms with Crippen LogP contribution < -0.4 is 5.73 Å². The van der Waals surface area contributed by atoms with Crippen molar-refractivity contribution in [3.8, 4) is 0 Å². The van der Waals surface area contributed by atoms with Crippen molar-refractivity contribution >= 4 is 27.3 Å². The van der Waals surface area contributed by atoms with Gasteiger partial charge in [-0.05, 0) is 53.7 Å². The summed E-state index contributed by atoms with van der Waals surface area (Å²) in [6.07, 6.45) is 5.06. The van der Waals surface area contributed by atoms with Crippen LogP contribution in [-0.2, 0) is 9.47 Å². The molecule has 2 rings (SSSR count).